The minimum Gasteiger partial charge on any atom is -0.335 e. The third kappa shape index (κ3) is 12.1. The molecule has 1 aromatic carbocycles. The van der Waals surface area contributed by atoms with Crippen molar-refractivity contribution in [3.63, 3.8) is 0 Å². The number of amides is 1. The molecule has 1 aromatic rings. The van der Waals surface area contributed by atoms with Gasteiger partial charge in [0.25, 0.3) is 0 Å². The van der Waals surface area contributed by atoms with Crippen LogP contribution in [0.1, 0.15) is 89.5 Å². The second kappa shape index (κ2) is 15.9. The molecule has 0 radical (unpaired) electrons. The van der Waals surface area contributed by atoms with Crippen LogP contribution in [0.2, 0.25) is 0 Å². The van der Waals surface area contributed by atoms with Gasteiger partial charge < -0.3 is 4.90 Å². The van der Waals surface area contributed by atoms with Crippen molar-refractivity contribution in [1.82, 2.24) is 4.90 Å². The summed E-state index contributed by atoms with van der Waals surface area (Å²) in [6, 6.07) is 8.18. The van der Waals surface area contributed by atoms with Crippen molar-refractivity contribution in [2.75, 3.05) is 6.54 Å². The van der Waals surface area contributed by atoms with Crippen molar-refractivity contribution in [3.8, 4) is 0 Å². The van der Waals surface area contributed by atoms with E-state index in [1.54, 1.807) is 0 Å². The van der Waals surface area contributed by atoms with Gasteiger partial charge in [0.15, 0.2) is 0 Å². The van der Waals surface area contributed by atoms with Crippen LogP contribution in [0, 0.1) is 0 Å². The molecule has 0 saturated heterocycles. The van der Waals surface area contributed by atoms with Crippen molar-refractivity contribution >= 4 is 21.8 Å². The zero-order valence-corrected chi connectivity index (χ0v) is 18.8. The number of unbranched alkanes of at least 4 members (excludes halogenated alkanes) is 11. The highest BCUT2D eigenvalue weighted by Crippen LogP contribution is 2.15. The van der Waals surface area contributed by atoms with Crippen LogP contribution in [-0.2, 0) is 11.3 Å². The molecular weight excluding hydrogens is 398 g/mol. The van der Waals surface area contributed by atoms with E-state index in [1.165, 1.54) is 76.7 Å². The highest BCUT2D eigenvalue weighted by Gasteiger charge is 2.10. The number of nitrogens with zero attached hydrogens (tertiary/aromatic N) is 1. The molecule has 0 aliphatic rings. The normalized spacial score (nSPS) is 10.7. The minimum absolute atomic E-state index is 0.0287. The molecule has 0 saturated carbocycles. The summed E-state index contributed by atoms with van der Waals surface area (Å²) in [5.74, 6) is 0.0287. The fourth-order valence-corrected chi connectivity index (χ4v) is 3.61. The minimum atomic E-state index is 0.0287. The molecular formula is C24H38BrNO. The third-order valence-corrected chi connectivity index (χ3v) is 5.58. The molecule has 0 spiro atoms. The number of hydrogen-bond acceptors (Lipinski definition) is 1. The topological polar surface area (TPSA) is 20.3 Å². The van der Waals surface area contributed by atoms with E-state index < -0.39 is 0 Å². The Bertz CT molecular complexity index is 512. The monoisotopic (exact) mass is 435 g/mol. The fourth-order valence-electron chi connectivity index (χ4n) is 3.35. The maximum Gasteiger partial charge on any atom is 0.246 e. The third-order valence-electron chi connectivity index (χ3n) is 5.05. The van der Waals surface area contributed by atoms with Gasteiger partial charge >= 0.3 is 0 Å². The molecule has 0 heterocycles. The van der Waals surface area contributed by atoms with Crippen LogP contribution in [0.5, 0.6) is 0 Å². The highest BCUT2D eigenvalue weighted by molar-refractivity contribution is 9.10. The Morgan fingerprint density at radius 3 is 1.85 bits per heavy atom. The average Bonchev–Trinajstić information content (AvgIpc) is 2.68. The second-order valence-corrected chi connectivity index (χ2v) is 8.40. The van der Waals surface area contributed by atoms with E-state index in [1.807, 2.05) is 17.0 Å². The predicted molar refractivity (Wildman–Crippen MR) is 121 cm³/mol. The van der Waals surface area contributed by atoms with E-state index in [-0.39, 0.29) is 5.91 Å². The summed E-state index contributed by atoms with van der Waals surface area (Å²) >= 11 is 3.45. The number of halogens is 1. The summed E-state index contributed by atoms with van der Waals surface area (Å²) < 4.78 is 1.06. The van der Waals surface area contributed by atoms with Gasteiger partial charge in [-0.05, 0) is 30.2 Å². The summed E-state index contributed by atoms with van der Waals surface area (Å²) in [5.41, 5.74) is 1.16. The molecule has 0 aromatic heterocycles. The van der Waals surface area contributed by atoms with Crippen LogP contribution in [0.25, 0.3) is 0 Å². The highest BCUT2D eigenvalue weighted by atomic mass is 79.9. The van der Waals surface area contributed by atoms with E-state index in [4.69, 9.17) is 0 Å². The summed E-state index contributed by atoms with van der Waals surface area (Å²) in [6.07, 6.45) is 17.4. The van der Waals surface area contributed by atoms with Gasteiger partial charge in [-0.2, -0.15) is 0 Å². The van der Waals surface area contributed by atoms with Gasteiger partial charge in [0, 0.05) is 17.6 Å². The Hall–Kier alpha value is -1.09. The zero-order chi connectivity index (χ0) is 19.7. The molecule has 0 aliphatic carbocycles. The largest absolute Gasteiger partial charge is 0.335 e. The van der Waals surface area contributed by atoms with Crippen LogP contribution >= 0.6 is 15.9 Å². The number of benzene rings is 1. The van der Waals surface area contributed by atoms with Crippen LogP contribution in [0.3, 0.4) is 0 Å². The first kappa shape index (κ1) is 23.9. The summed E-state index contributed by atoms with van der Waals surface area (Å²) in [4.78, 5) is 14.0. The average molecular weight is 436 g/mol. The van der Waals surface area contributed by atoms with Gasteiger partial charge in [0.2, 0.25) is 5.91 Å². The van der Waals surface area contributed by atoms with Gasteiger partial charge in [-0.3, -0.25) is 4.79 Å². The maximum atomic E-state index is 12.1. The van der Waals surface area contributed by atoms with Gasteiger partial charge in [0.05, 0.1) is 0 Å². The molecule has 0 unspecified atom stereocenters. The molecule has 0 bridgehead atoms. The van der Waals surface area contributed by atoms with Crippen LogP contribution in [0.4, 0.5) is 0 Å². The molecule has 1 amide bonds. The Balaban J connectivity index is 2.11. The number of hydrogen-bond donors (Lipinski definition) is 0. The van der Waals surface area contributed by atoms with E-state index in [9.17, 15) is 4.79 Å². The molecule has 0 N–H and O–H groups in total. The molecule has 0 aliphatic heterocycles. The lowest BCUT2D eigenvalue weighted by Gasteiger charge is -2.21. The fraction of sp³-hybridized carbons (Fsp3) is 0.625. The molecule has 152 valence electrons. The number of rotatable bonds is 16. The predicted octanol–water partition coefficient (Wildman–Crippen LogP) is 7.66. The van der Waals surface area contributed by atoms with Crippen molar-refractivity contribution in [3.05, 3.63) is 47.0 Å². The van der Waals surface area contributed by atoms with E-state index >= 15 is 0 Å². The quantitative estimate of drug-likeness (QED) is 0.192. The maximum absolute atomic E-state index is 12.1. The Morgan fingerprint density at radius 1 is 0.889 bits per heavy atom. The summed E-state index contributed by atoms with van der Waals surface area (Å²) in [5, 5.41) is 0. The lowest BCUT2D eigenvalue weighted by atomic mass is 10.1. The van der Waals surface area contributed by atoms with Crippen molar-refractivity contribution in [2.24, 2.45) is 0 Å². The zero-order valence-electron chi connectivity index (χ0n) is 17.2. The van der Waals surface area contributed by atoms with E-state index in [0.29, 0.717) is 6.54 Å². The molecule has 0 fully saturated rings. The van der Waals surface area contributed by atoms with Crippen molar-refractivity contribution < 1.29 is 4.79 Å². The van der Waals surface area contributed by atoms with Crippen LogP contribution in [0.15, 0.2) is 41.4 Å². The first-order chi connectivity index (χ1) is 13.2. The van der Waals surface area contributed by atoms with Gasteiger partial charge in [-0.1, -0.05) is 112 Å². The summed E-state index contributed by atoms with van der Waals surface area (Å²) in [7, 11) is 0. The first-order valence-electron chi connectivity index (χ1n) is 10.8. The first-order valence-corrected chi connectivity index (χ1v) is 11.6. The van der Waals surface area contributed by atoms with Gasteiger partial charge in [0.1, 0.15) is 0 Å². The number of carbonyl (C=O) groups excluding carboxylic acids is 1. The lowest BCUT2D eigenvalue weighted by molar-refractivity contribution is -0.126. The lowest BCUT2D eigenvalue weighted by Crippen LogP contribution is -2.29. The smallest absolute Gasteiger partial charge is 0.246 e. The summed E-state index contributed by atoms with van der Waals surface area (Å²) in [6.45, 7) is 7.40. The van der Waals surface area contributed by atoms with Crippen molar-refractivity contribution in [1.29, 1.82) is 0 Å². The number of carbonyl (C=O) groups is 1. The van der Waals surface area contributed by atoms with Crippen molar-refractivity contribution in [2.45, 2.75) is 90.5 Å². The van der Waals surface area contributed by atoms with Crippen LogP contribution < -0.4 is 0 Å². The molecule has 0 atom stereocenters. The van der Waals surface area contributed by atoms with Crippen LogP contribution in [-0.4, -0.2) is 17.4 Å². The Morgan fingerprint density at radius 2 is 1.37 bits per heavy atom. The van der Waals surface area contributed by atoms with Gasteiger partial charge in [-0.25, -0.2) is 0 Å². The molecule has 3 heteroatoms. The second-order valence-electron chi connectivity index (χ2n) is 7.48. The standard InChI is InChI=1S/C24H38BrNO/c1-3-5-6-7-8-9-10-11-12-13-14-15-20-26(24(27)4-2)21-22-16-18-23(25)19-17-22/h4,16-19H,2-3,5-15,20-21H2,1H3. The molecule has 27 heavy (non-hydrogen) atoms. The Labute approximate surface area is 175 Å². The van der Waals surface area contributed by atoms with Gasteiger partial charge in [-0.15, -0.1) is 0 Å². The van der Waals surface area contributed by atoms with E-state index in [2.05, 4.69) is 41.6 Å². The van der Waals surface area contributed by atoms with E-state index in [0.717, 1.165) is 23.0 Å². The Kier molecular flexibility index (Phi) is 14.1. The molecule has 2 nitrogen and oxygen atoms in total. The molecule has 1 rings (SSSR count). The SMILES string of the molecule is C=CC(=O)N(CCCCCCCCCCCCCC)Cc1ccc(Br)cc1.